The SMILES string of the molecule is CN1CCN(C)C(CC(N)Cc2cccs2)C1. The lowest BCUT2D eigenvalue weighted by Gasteiger charge is -2.38. The molecule has 17 heavy (non-hydrogen) atoms. The Kier molecular flexibility index (Phi) is 4.56. The topological polar surface area (TPSA) is 32.5 Å². The van der Waals surface area contributed by atoms with Crippen LogP contribution in [0.4, 0.5) is 0 Å². The van der Waals surface area contributed by atoms with Crippen LogP contribution in [0.5, 0.6) is 0 Å². The minimum Gasteiger partial charge on any atom is -0.327 e. The number of nitrogens with two attached hydrogens (primary N) is 1. The molecule has 2 heterocycles. The molecule has 0 amide bonds. The Hall–Kier alpha value is -0.420. The van der Waals surface area contributed by atoms with Crippen molar-refractivity contribution in [2.75, 3.05) is 33.7 Å². The molecule has 1 fully saturated rings. The van der Waals surface area contributed by atoms with E-state index in [-0.39, 0.29) is 6.04 Å². The van der Waals surface area contributed by atoms with E-state index in [9.17, 15) is 0 Å². The van der Waals surface area contributed by atoms with Crippen LogP contribution in [0.15, 0.2) is 17.5 Å². The van der Waals surface area contributed by atoms with Gasteiger partial charge in [0.25, 0.3) is 0 Å². The number of likely N-dealkylation sites (N-methyl/N-ethyl adjacent to an activating group) is 2. The summed E-state index contributed by atoms with van der Waals surface area (Å²) in [7, 11) is 4.42. The van der Waals surface area contributed by atoms with Gasteiger partial charge in [0.05, 0.1) is 0 Å². The molecule has 0 bridgehead atoms. The van der Waals surface area contributed by atoms with Gasteiger partial charge in [0.2, 0.25) is 0 Å². The van der Waals surface area contributed by atoms with E-state index < -0.39 is 0 Å². The summed E-state index contributed by atoms with van der Waals surface area (Å²) in [6, 6.07) is 5.19. The van der Waals surface area contributed by atoms with Crippen LogP contribution in [0, 0.1) is 0 Å². The molecule has 2 rings (SSSR count). The van der Waals surface area contributed by atoms with Crippen LogP contribution < -0.4 is 5.73 Å². The molecule has 0 aliphatic carbocycles. The number of rotatable bonds is 4. The van der Waals surface area contributed by atoms with E-state index in [1.54, 1.807) is 0 Å². The van der Waals surface area contributed by atoms with Crippen molar-refractivity contribution >= 4 is 11.3 Å². The van der Waals surface area contributed by atoms with E-state index in [2.05, 4.69) is 41.4 Å². The van der Waals surface area contributed by atoms with Crippen molar-refractivity contribution in [1.82, 2.24) is 9.80 Å². The molecular weight excluding hydrogens is 230 g/mol. The zero-order chi connectivity index (χ0) is 12.3. The van der Waals surface area contributed by atoms with Crippen LogP contribution in [0.25, 0.3) is 0 Å². The van der Waals surface area contributed by atoms with Gasteiger partial charge in [-0.15, -0.1) is 11.3 Å². The molecule has 2 N–H and O–H groups in total. The zero-order valence-corrected chi connectivity index (χ0v) is 11.6. The molecular formula is C13H23N3S. The highest BCUT2D eigenvalue weighted by atomic mass is 32.1. The average Bonchev–Trinajstić information content (AvgIpc) is 2.76. The smallest absolute Gasteiger partial charge is 0.0235 e. The molecule has 1 aromatic heterocycles. The van der Waals surface area contributed by atoms with Crippen molar-refractivity contribution < 1.29 is 0 Å². The highest BCUT2D eigenvalue weighted by Crippen LogP contribution is 2.16. The minimum absolute atomic E-state index is 0.285. The van der Waals surface area contributed by atoms with E-state index in [1.165, 1.54) is 11.4 Å². The van der Waals surface area contributed by atoms with Crippen molar-refractivity contribution in [3.63, 3.8) is 0 Å². The van der Waals surface area contributed by atoms with Gasteiger partial charge < -0.3 is 15.5 Å². The van der Waals surface area contributed by atoms with Crippen LogP contribution in [0.3, 0.4) is 0 Å². The average molecular weight is 253 g/mol. The van der Waals surface area contributed by atoms with Crippen molar-refractivity contribution in [1.29, 1.82) is 0 Å². The van der Waals surface area contributed by atoms with Gasteiger partial charge in [-0.05, 0) is 38.4 Å². The monoisotopic (exact) mass is 253 g/mol. The lowest BCUT2D eigenvalue weighted by Crippen LogP contribution is -2.51. The Morgan fingerprint density at radius 1 is 1.47 bits per heavy atom. The van der Waals surface area contributed by atoms with Gasteiger partial charge in [-0.3, -0.25) is 0 Å². The van der Waals surface area contributed by atoms with E-state index in [1.807, 2.05) is 11.3 Å². The Bertz CT molecular complexity index is 325. The third kappa shape index (κ3) is 3.78. The summed E-state index contributed by atoms with van der Waals surface area (Å²) in [6.07, 6.45) is 2.12. The summed E-state index contributed by atoms with van der Waals surface area (Å²) < 4.78 is 0. The summed E-state index contributed by atoms with van der Waals surface area (Å²) in [5, 5.41) is 2.13. The van der Waals surface area contributed by atoms with Gasteiger partial charge in [0.1, 0.15) is 0 Å². The highest BCUT2D eigenvalue weighted by molar-refractivity contribution is 7.09. The molecule has 0 radical (unpaired) electrons. The molecule has 0 saturated carbocycles. The predicted molar refractivity (Wildman–Crippen MR) is 74.5 cm³/mol. The Balaban J connectivity index is 1.82. The fourth-order valence-electron chi connectivity index (χ4n) is 2.48. The maximum Gasteiger partial charge on any atom is 0.0235 e. The molecule has 1 aliphatic rings. The molecule has 3 nitrogen and oxygen atoms in total. The molecule has 96 valence electrons. The molecule has 1 aromatic rings. The van der Waals surface area contributed by atoms with Crippen LogP contribution >= 0.6 is 11.3 Å². The standard InChI is InChI=1S/C13H23N3S/c1-15-5-6-16(2)12(10-15)8-11(14)9-13-4-3-7-17-13/h3-4,7,11-12H,5-6,8-10,14H2,1-2H3. The molecule has 1 aliphatic heterocycles. The van der Waals surface area contributed by atoms with Gasteiger partial charge in [0.15, 0.2) is 0 Å². The minimum atomic E-state index is 0.285. The maximum atomic E-state index is 6.26. The van der Waals surface area contributed by atoms with E-state index in [4.69, 9.17) is 5.73 Å². The lowest BCUT2D eigenvalue weighted by atomic mass is 10.0. The second kappa shape index (κ2) is 5.96. The van der Waals surface area contributed by atoms with Gasteiger partial charge in [-0.25, -0.2) is 0 Å². The fraction of sp³-hybridized carbons (Fsp3) is 0.692. The predicted octanol–water partition coefficient (Wildman–Crippen LogP) is 1.25. The van der Waals surface area contributed by atoms with Crippen molar-refractivity contribution in [3.05, 3.63) is 22.4 Å². The first kappa shape index (κ1) is 13.0. The van der Waals surface area contributed by atoms with Gasteiger partial charge in [0, 0.05) is 36.6 Å². The van der Waals surface area contributed by atoms with Crippen LogP contribution in [0.2, 0.25) is 0 Å². The summed E-state index contributed by atoms with van der Waals surface area (Å²) in [5.74, 6) is 0. The quantitative estimate of drug-likeness (QED) is 0.877. The van der Waals surface area contributed by atoms with E-state index in [0.29, 0.717) is 6.04 Å². The Morgan fingerprint density at radius 2 is 2.29 bits per heavy atom. The number of thiophene rings is 1. The highest BCUT2D eigenvalue weighted by Gasteiger charge is 2.24. The number of hydrogen-bond donors (Lipinski definition) is 1. The summed E-state index contributed by atoms with van der Waals surface area (Å²) in [4.78, 5) is 6.26. The second-order valence-corrected chi connectivity index (χ2v) is 6.21. The molecule has 4 heteroatoms. The number of nitrogens with zero attached hydrogens (tertiary/aromatic N) is 2. The largest absolute Gasteiger partial charge is 0.327 e. The van der Waals surface area contributed by atoms with Crippen LogP contribution in [0.1, 0.15) is 11.3 Å². The van der Waals surface area contributed by atoms with Crippen LogP contribution in [-0.2, 0) is 6.42 Å². The molecule has 1 saturated heterocycles. The van der Waals surface area contributed by atoms with E-state index in [0.717, 1.165) is 25.9 Å². The molecule has 0 spiro atoms. The van der Waals surface area contributed by atoms with Crippen LogP contribution in [-0.4, -0.2) is 55.6 Å². The molecule has 2 atom stereocenters. The van der Waals surface area contributed by atoms with Gasteiger partial charge >= 0.3 is 0 Å². The van der Waals surface area contributed by atoms with Crippen molar-refractivity contribution in [2.24, 2.45) is 5.73 Å². The third-order valence-electron chi connectivity index (χ3n) is 3.60. The molecule has 2 unspecified atom stereocenters. The third-order valence-corrected chi connectivity index (χ3v) is 4.50. The first-order chi connectivity index (χ1) is 8.15. The van der Waals surface area contributed by atoms with Gasteiger partial charge in [-0.1, -0.05) is 6.07 Å². The summed E-state index contributed by atoms with van der Waals surface area (Å²) >= 11 is 1.81. The van der Waals surface area contributed by atoms with Crippen molar-refractivity contribution in [3.8, 4) is 0 Å². The zero-order valence-electron chi connectivity index (χ0n) is 10.8. The Labute approximate surface area is 108 Å². The fourth-order valence-corrected chi connectivity index (χ4v) is 3.28. The second-order valence-electron chi connectivity index (χ2n) is 5.18. The first-order valence-corrected chi connectivity index (χ1v) is 7.20. The number of piperazine rings is 1. The summed E-state index contributed by atoms with van der Waals surface area (Å²) in [6.45, 7) is 3.48. The Morgan fingerprint density at radius 3 is 3.00 bits per heavy atom. The molecule has 0 aromatic carbocycles. The van der Waals surface area contributed by atoms with Crippen molar-refractivity contribution in [2.45, 2.75) is 24.9 Å². The summed E-state index contributed by atoms with van der Waals surface area (Å²) in [5.41, 5.74) is 6.26. The van der Waals surface area contributed by atoms with E-state index >= 15 is 0 Å². The first-order valence-electron chi connectivity index (χ1n) is 6.32. The lowest BCUT2D eigenvalue weighted by molar-refractivity contribution is 0.104. The maximum absolute atomic E-state index is 6.26. The normalized spacial score (nSPS) is 25.0. The number of hydrogen-bond acceptors (Lipinski definition) is 4. The van der Waals surface area contributed by atoms with Gasteiger partial charge in [-0.2, -0.15) is 0 Å².